The highest BCUT2D eigenvalue weighted by molar-refractivity contribution is 5.90. The molecule has 1 amide bonds. The van der Waals surface area contributed by atoms with Crippen LogP contribution in [0.2, 0.25) is 0 Å². The number of amides is 1. The Bertz CT molecular complexity index is 521. The van der Waals surface area contributed by atoms with E-state index in [1.54, 1.807) is 4.90 Å². The summed E-state index contributed by atoms with van der Waals surface area (Å²) in [4.78, 5) is 25.8. The molecule has 1 heterocycles. The van der Waals surface area contributed by atoms with E-state index in [4.69, 9.17) is 9.47 Å². The van der Waals surface area contributed by atoms with E-state index >= 15 is 0 Å². The van der Waals surface area contributed by atoms with Crippen molar-refractivity contribution in [3.05, 3.63) is 24.3 Å². The van der Waals surface area contributed by atoms with Crippen LogP contribution >= 0.6 is 0 Å². The Morgan fingerprint density at radius 3 is 2.83 bits per heavy atom. The second kappa shape index (κ2) is 8.50. The van der Waals surface area contributed by atoms with Gasteiger partial charge in [0.15, 0.2) is 0 Å². The summed E-state index contributed by atoms with van der Waals surface area (Å²) < 4.78 is 10.4. The minimum atomic E-state index is -0.311. The number of benzene rings is 1. The highest BCUT2D eigenvalue weighted by Gasteiger charge is 2.31. The summed E-state index contributed by atoms with van der Waals surface area (Å²) >= 11 is 0. The first kappa shape index (κ1) is 17.2. The van der Waals surface area contributed by atoms with Gasteiger partial charge in [0.05, 0.1) is 13.2 Å². The molecule has 23 heavy (non-hydrogen) atoms. The predicted octanol–water partition coefficient (Wildman–Crippen LogP) is 0.883. The molecule has 0 radical (unpaired) electrons. The molecular weight excluding hydrogens is 298 g/mol. The van der Waals surface area contributed by atoms with E-state index in [0.717, 1.165) is 17.7 Å². The number of carbonyl (C=O) groups is 2. The molecule has 1 atom stereocenters. The average molecular weight is 321 g/mol. The topological polar surface area (TPSA) is 71.1 Å². The summed E-state index contributed by atoms with van der Waals surface area (Å²) in [5, 5.41) is 3.01. The van der Waals surface area contributed by atoms with Crippen LogP contribution in [0.3, 0.4) is 0 Å². The van der Waals surface area contributed by atoms with Crippen molar-refractivity contribution >= 4 is 23.8 Å². The third kappa shape index (κ3) is 4.67. The molecule has 2 rings (SSSR count). The van der Waals surface area contributed by atoms with Gasteiger partial charge < -0.3 is 24.5 Å². The zero-order chi connectivity index (χ0) is 16.7. The summed E-state index contributed by atoms with van der Waals surface area (Å²) in [5.74, 6) is 0. The Labute approximate surface area is 136 Å². The molecular formula is C16H23N3O4. The molecule has 7 heteroatoms. The smallest absolute Gasteiger partial charge is 0.414 e. The summed E-state index contributed by atoms with van der Waals surface area (Å²) in [6.07, 6.45) is 0.309. The summed E-state index contributed by atoms with van der Waals surface area (Å²) in [6.45, 7) is 2.49. The molecule has 1 aliphatic heterocycles. The van der Waals surface area contributed by atoms with Crippen LogP contribution in [0.4, 0.5) is 16.2 Å². The maximum Gasteiger partial charge on any atom is 0.414 e. The van der Waals surface area contributed by atoms with E-state index in [9.17, 15) is 9.59 Å². The van der Waals surface area contributed by atoms with Crippen LogP contribution in [0, 0.1) is 0 Å². The Morgan fingerprint density at radius 2 is 2.17 bits per heavy atom. The van der Waals surface area contributed by atoms with Gasteiger partial charge in [-0.3, -0.25) is 4.90 Å². The van der Waals surface area contributed by atoms with Crippen molar-refractivity contribution in [1.82, 2.24) is 5.32 Å². The fourth-order valence-electron chi connectivity index (χ4n) is 2.42. The van der Waals surface area contributed by atoms with E-state index < -0.39 is 0 Å². The largest absolute Gasteiger partial charge is 0.443 e. The normalized spacial score (nSPS) is 17.2. The molecule has 1 aromatic rings. The lowest BCUT2D eigenvalue weighted by Gasteiger charge is -2.20. The first-order valence-corrected chi connectivity index (χ1v) is 7.61. The number of ether oxygens (including phenoxy) is 2. The van der Waals surface area contributed by atoms with Gasteiger partial charge in [-0.25, -0.2) is 4.79 Å². The third-order valence-electron chi connectivity index (χ3n) is 3.66. The average Bonchev–Trinajstić information content (AvgIpc) is 2.92. The number of nitrogens with zero attached hydrogens (tertiary/aromatic N) is 2. The second-order valence-electron chi connectivity index (χ2n) is 5.35. The fraction of sp³-hybridized carbons (Fsp3) is 0.500. The van der Waals surface area contributed by atoms with Gasteiger partial charge in [-0.2, -0.15) is 0 Å². The number of aldehydes is 1. The zero-order valence-electron chi connectivity index (χ0n) is 13.5. The molecule has 1 unspecified atom stereocenters. The lowest BCUT2D eigenvalue weighted by molar-refractivity contribution is -0.111. The van der Waals surface area contributed by atoms with Crippen molar-refractivity contribution in [2.75, 3.05) is 56.7 Å². The molecule has 1 aromatic carbocycles. The first-order chi connectivity index (χ1) is 11.2. The van der Waals surface area contributed by atoms with E-state index in [-0.39, 0.29) is 18.8 Å². The molecule has 0 aromatic heterocycles. The van der Waals surface area contributed by atoms with E-state index in [1.165, 1.54) is 0 Å². The summed E-state index contributed by atoms with van der Waals surface area (Å²) in [5.41, 5.74) is 1.84. The maximum atomic E-state index is 11.9. The fourth-order valence-corrected chi connectivity index (χ4v) is 2.42. The van der Waals surface area contributed by atoms with Gasteiger partial charge in [0.25, 0.3) is 0 Å². The van der Waals surface area contributed by atoms with Gasteiger partial charge >= 0.3 is 6.09 Å². The zero-order valence-corrected chi connectivity index (χ0v) is 13.5. The molecule has 0 spiro atoms. The maximum absolute atomic E-state index is 11.9. The Balaban J connectivity index is 1.91. The third-order valence-corrected chi connectivity index (χ3v) is 3.66. The van der Waals surface area contributed by atoms with Crippen LogP contribution in [0.1, 0.15) is 0 Å². The Hall–Kier alpha value is -2.12. The van der Waals surface area contributed by atoms with Crippen molar-refractivity contribution < 1.29 is 19.1 Å². The number of likely N-dealkylation sites (N-methyl/N-ethyl adjacent to an activating group) is 2. The number of rotatable bonds is 9. The monoisotopic (exact) mass is 321 g/mol. The summed E-state index contributed by atoms with van der Waals surface area (Å²) in [6, 6.07) is 7.71. The number of nitrogens with one attached hydrogen (secondary N) is 1. The van der Waals surface area contributed by atoms with Gasteiger partial charge in [-0.15, -0.1) is 0 Å². The van der Waals surface area contributed by atoms with Crippen LogP contribution in [0.15, 0.2) is 24.3 Å². The van der Waals surface area contributed by atoms with Gasteiger partial charge in [-0.05, 0) is 31.3 Å². The number of hydrogen-bond donors (Lipinski definition) is 1. The molecule has 0 bridgehead atoms. The quantitative estimate of drug-likeness (QED) is 0.538. The van der Waals surface area contributed by atoms with Gasteiger partial charge in [0.1, 0.15) is 19.0 Å². The molecule has 1 saturated heterocycles. The van der Waals surface area contributed by atoms with Gasteiger partial charge in [0, 0.05) is 31.5 Å². The molecule has 0 saturated carbocycles. The van der Waals surface area contributed by atoms with Gasteiger partial charge in [-0.1, -0.05) is 0 Å². The van der Waals surface area contributed by atoms with E-state index in [0.29, 0.717) is 26.2 Å². The van der Waals surface area contributed by atoms with Crippen molar-refractivity contribution in [2.45, 2.75) is 6.10 Å². The lowest BCUT2D eigenvalue weighted by atomic mass is 10.2. The molecule has 126 valence electrons. The minimum Gasteiger partial charge on any atom is -0.443 e. The second-order valence-corrected chi connectivity index (χ2v) is 5.35. The minimum absolute atomic E-state index is 0.121. The summed E-state index contributed by atoms with van der Waals surface area (Å²) in [7, 11) is 3.78. The highest BCUT2D eigenvalue weighted by Crippen LogP contribution is 2.24. The Kier molecular flexibility index (Phi) is 6.37. The predicted molar refractivity (Wildman–Crippen MR) is 88.1 cm³/mol. The van der Waals surface area contributed by atoms with Crippen LogP contribution in [0.25, 0.3) is 0 Å². The molecule has 1 N–H and O–H groups in total. The van der Waals surface area contributed by atoms with E-state index in [2.05, 4.69) is 5.32 Å². The van der Waals surface area contributed by atoms with Crippen LogP contribution < -0.4 is 15.1 Å². The van der Waals surface area contributed by atoms with Crippen LogP contribution in [-0.2, 0) is 14.3 Å². The van der Waals surface area contributed by atoms with Crippen LogP contribution in [0.5, 0.6) is 0 Å². The van der Waals surface area contributed by atoms with E-state index in [1.807, 2.05) is 43.3 Å². The SMILES string of the molecule is CNCC1CN(c2ccc(N(C)CCOCC=O)cc2)C(=O)O1. The first-order valence-electron chi connectivity index (χ1n) is 7.61. The standard InChI is InChI=1S/C16H23N3O4/c1-17-11-15-12-19(16(21)23-15)14-5-3-13(4-6-14)18(2)7-9-22-10-8-20/h3-6,8,15,17H,7,9-12H2,1-2H3. The van der Waals surface area contributed by atoms with Crippen molar-refractivity contribution in [1.29, 1.82) is 0 Å². The number of carbonyl (C=O) groups excluding carboxylic acids is 2. The molecule has 7 nitrogen and oxygen atoms in total. The molecule has 1 fully saturated rings. The van der Waals surface area contributed by atoms with Crippen LogP contribution in [-0.4, -0.2) is 65.4 Å². The number of hydrogen-bond acceptors (Lipinski definition) is 6. The highest BCUT2D eigenvalue weighted by atomic mass is 16.6. The molecule has 1 aliphatic rings. The lowest BCUT2D eigenvalue weighted by Crippen LogP contribution is -2.29. The van der Waals surface area contributed by atoms with Crippen molar-refractivity contribution in [2.24, 2.45) is 0 Å². The van der Waals surface area contributed by atoms with Gasteiger partial charge in [0.2, 0.25) is 0 Å². The number of cyclic esters (lactones) is 1. The number of anilines is 2. The van der Waals surface area contributed by atoms with Crippen molar-refractivity contribution in [3.8, 4) is 0 Å². The Morgan fingerprint density at radius 1 is 1.43 bits per heavy atom. The van der Waals surface area contributed by atoms with Crippen molar-refractivity contribution in [3.63, 3.8) is 0 Å². The molecule has 0 aliphatic carbocycles.